The highest BCUT2D eigenvalue weighted by atomic mass is 19.1. The lowest BCUT2D eigenvalue weighted by Crippen LogP contribution is -2.41. The maximum Gasteiger partial charge on any atom is 0.377 e. The molecule has 10 nitrogen and oxygen atoms in total. The minimum absolute atomic E-state index is 0.0520. The molecule has 0 aliphatic carbocycles. The van der Waals surface area contributed by atoms with Crippen molar-refractivity contribution >= 4 is 17.7 Å². The largest absolute Gasteiger partial charge is 0.494 e. The predicted molar refractivity (Wildman–Crippen MR) is 137 cm³/mol. The molecule has 0 aliphatic rings. The first-order valence-corrected chi connectivity index (χ1v) is 12.0. The molecule has 4 aromatic rings. The summed E-state index contributed by atoms with van der Waals surface area (Å²) in [7, 11) is 1.32. The summed E-state index contributed by atoms with van der Waals surface area (Å²) < 4.78 is 26.3. The molecule has 11 heteroatoms. The summed E-state index contributed by atoms with van der Waals surface area (Å²) in [6.45, 7) is 2.29. The van der Waals surface area contributed by atoms with E-state index in [2.05, 4.69) is 10.4 Å². The van der Waals surface area contributed by atoms with E-state index in [1.165, 1.54) is 30.2 Å². The first-order chi connectivity index (χ1) is 18.4. The van der Waals surface area contributed by atoms with Crippen LogP contribution in [0.2, 0.25) is 0 Å². The first kappa shape index (κ1) is 26.3. The maximum atomic E-state index is 14.5. The van der Waals surface area contributed by atoms with Gasteiger partial charge in [0.25, 0.3) is 0 Å². The van der Waals surface area contributed by atoms with Gasteiger partial charge in [0, 0.05) is 12.2 Å². The van der Waals surface area contributed by atoms with Crippen molar-refractivity contribution in [2.24, 2.45) is 0 Å². The second-order valence-electron chi connectivity index (χ2n) is 8.28. The molecule has 0 spiro atoms. The highest BCUT2D eigenvalue weighted by Crippen LogP contribution is 2.24. The van der Waals surface area contributed by atoms with Gasteiger partial charge in [0.15, 0.2) is 5.82 Å². The Hall–Kier alpha value is -4.80. The van der Waals surface area contributed by atoms with Crippen molar-refractivity contribution in [2.75, 3.05) is 18.6 Å². The van der Waals surface area contributed by atoms with E-state index in [9.17, 15) is 18.8 Å². The summed E-state index contributed by atoms with van der Waals surface area (Å²) in [4.78, 5) is 40.6. The zero-order chi connectivity index (χ0) is 27.1. The predicted octanol–water partition coefficient (Wildman–Crippen LogP) is 4.21. The second-order valence-corrected chi connectivity index (χ2v) is 8.28. The number of ether oxygens (including phenoxy) is 2. The quantitative estimate of drug-likeness (QED) is 0.241. The van der Waals surface area contributed by atoms with E-state index in [0.29, 0.717) is 21.5 Å². The van der Waals surface area contributed by atoms with E-state index in [1.807, 2.05) is 37.3 Å². The summed E-state index contributed by atoms with van der Waals surface area (Å²) in [5.41, 5.74) is 0.202. The molecule has 0 N–H and O–H groups in total. The molecule has 3 aromatic carbocycles. The highest BCUT2D eigenvalue weighted by molar-refractivity contribution is 5.96. The van der Waals surface area contributed by atoms with Gasteiger partial charge in [-0.3, -0.25) is 4.90 Å². The van der Waals surface area contributed by atoms with Crippen LogP contribution in [-0.2, 0) is 11.3 Å². The number of esters is 1. The third-order valence-electron chi connectivity index (χ3n) is 5.72. The molecule has 1 aromatic heterocycles. The van der Waals surface area contributed by atoms with Crippen LogP contribution < -0.4 is 15.3 Å². The van der Waals surface area contributed by atoms with E-state index in [1.54, 1.807) is 18.2 Å². The number of nitrogens with zero attached hydrogens (tertiary/aromatic N) is 5. The number of hydrogen-bond donors (Lipinski definition) is 0. The second kappa shape index (κ2) is 12.0. The Morgan fingerprint density at radius 3 is 2.50 bits per heavy atom. The van der Waals surface area contributed by atoms with Gasteiger partial charge >= 0.3 is 17.7 Å². The molecule has 0 aliphatic heterocycles. The van der Waals surface area contributed by atoms with Crippen molar-refractivity contribution < 1.29 is 23.5 Å². The number of unbranched alkanes of at least 4 members (excludes halogenated alkanes) is 1. The average molecular weight is 520 g/mol. The minimum atomic E-state index is -0.974. The number of carbonyl (C=O) groups excluding carboxylic acids is 2. The van der Waals surface area contributed by atoms with Crippen LogP contribution >= 0.6 is 0 Å². The zero-order valence-corrected chi connectivity index (χ0v) is 20.9. The fraction of sp³-hybridized carbons (Fsp3) is 0.222. The Morgan fingerprint density at radius 1 is 1.00 bits per heavy atom. The maximum absolute atomic E-state index is 14.5. The number of methoxy groups -OCH3 is 1. The van der Waals surface area contributed by atoms with Crippen LogP contribution in [0, 0.1) is 5.82 Å². The number of benzene rings is 3. The molecule has 4 rings (SSSR count). The SMILES string of the molecule is CCCCN(C(=O)n1nnn(-c2c(F)cccc2OC)c1=O)c1cccc(C(=O)OCc2ccccc2)c1. The van der Waals surface area contributed by atoms with Crippen LogP contribution in [0.3, 0.4) is 0 Å². The van der Waals surface area contributed by atoms with E-state index in [0.717, 1.165) is 18.1 Å². The molecule has 1 amide bonds. The van der Waals surface area contributed by atoms with Gasteiger partial charge in [0.1, 0.15) is 18.0 Å². The van der Waals surface area contributed by atoms with Gasteiger partial charge in [-0.05, 0) is 52.7 Å². The van der Waals surface area contributed by atoms with Crippen molar-refractivity contribution in [1.29, 1.82) is 0 Å². The third-order valence-corrected chi connectivity index (χ3v) is 5.72. The summed E-state index contributed by atoms with van der Waals surface area (Å²) in [5.74, 6) is -1.28. The molecule has 0 radical (unpaired) electrons. The molecule has 0 saturated heterocycles. The van der Waals surface area contributed by atoms with E-state index < -0.39 is 23.5 Å². The monoisotopic (exact) mass is 519 g/mol. The van der Waals surface area contributed by atoms with Crippen LogP contribution in [0.15, 0.2) is 77.6 Å². The Balaban J connectivity index is 1.62. The van der Waals surface area contributed by atoms with Crippen LogP contribution in [0.1, 0.15) is 35.7 Å². The molecule has 0 atom stereocenters. The van der Waals surface area contributed by atoms with Crippen molar-refractivity contribution in [3.8, 4) is 11.4 Å². The lowest BCUT2D eigenvalue weighted by molar-refractivity contribution is 0.0472. The first-order valence-electron chi connectivity index (χ1n) is 12.0. The van der Waals surface area contributed by atoms with E-state index >= 15 is 0 Å². The molecular weight excluding hydrogens is 493 g/mol. The van der Waals surface area contributed by atoms with Gasteiger partial charge in [0.2, 0.25) is 0 Å². The number of rotatable bonds is 9. The number of carbonyl (C=O) groups is 2. The smallest absolute Gasteiger partial charge is 0.377 e. The lowest BCUT2D eigenvalue weighted by atomic mass is 10.1. The van der Waals surface area contributed by atoms with Crippen molar-refractivity contribution in [3.63, 3.8) is 0 Å². The van der Waals surface area contributed by atoms with Crippen molar-refractivity contribution in [2.45, 2.75) is 26.4 Å². The Morgan fingerprint density at radius 2 is 1.76 bits per heavy atom. The number of tetrazole rings is 1. The molecular formula is C27H26FN5O5. The molecule has 0 saturated carbocycles. The number of hydrogen-bond acceptors (Lipinski definition) is 7. The van der Waals surface area contributed by atoms with Crippen LogP contribution in [0.5, 0.6) is 5.75 Å². The van der Waals surface area contributed by atoms with Crippen molar-refractivity contribution in [3.05, 3.63) is 100 Å². The molecule has 0 fully saturated rings. The van der Waals surface area contributed by atoms with Crippen LogP contribution in [0.25, 0.3) is 5.69 Å². The van der Waals surface area contributed by atoms with Crippen LogP contribution in [0.4, 0.5) is 14.9 Å². The van der Waals surface area contributed by atoms with Gasteiger partial charge in [-0.1, -0.05) is 55.8 Å². The number of amides is 1. The summed E-state index contributed by atoms with van der Waals surface area (Å²) >= 11 is 0. The Labute approximate surface area is 217 Å². The number of anilines is 1. The van der Waals surface area contributed by atoms with E-state index in [4.69, 9.17) is 9.47 Å². The molecule has 38 heavy (non-hydrogen) atoms. The van der Waals surface area contributed by atoms with Gasteiger partial charge in [-0.2, -0.15) is 4.68 Å². The number of para-hydroxylation sites is 1. The van der Waals surface area contributed by atoms with Crippen molar-refractivity contribution in [1.82, 2.24) is 19.8 Å². The normalized spacial score (nSPS) is 10.7. The average Bonchev–Trinajstić information content (AvgIpc) is 3.32. The Bertz CT molecular complexity index is 1480. The number of aromatic nitrogens is 4. The summed E-state index contributed by atoms with van der Waals surface area (Å²) in [6.07, 6.45) is 1.37. The molecule has 1 heterocycles. The van der Waals surface area contributed by atoms with Gasteiger partial charge in [-0.25, -0.2) is 18.8 Å². The minimum Gasteiger partial charge on any atom is -0.494 e. The number of halogens is 1. The molecule has 0 unspecified atom stereocenters. The lowest BCUT2D eigenvalue weighted by Gasteiger charge is -2.22. The molecule has 196 valence electrons. The zero-order valence-electron chi connectivity index (χ0n) is 20.9. The topological polar surface area (TPSA) is 109 Å². The van der Waals surface area contributed by atoms with Crippen LogP contribution in [-0.4, -0.2) is 45.4 Å². The fourth-order valence-electron chi connectivity index (χ4n) is 3.75. The Kier molecular flexibility index (Phi) is 8.27. The highest BCUT2D eigenvalue weighted by Gasteiger charge is 2.25. The van der Waals surface area contributed by atoms with Gasteiger partial charge in [-0.15, -0.1) is 4.68 Å². The third kappa shape index (κ3) is 5.61. The van der Waals surface area contributed by atoms with Gasteiger partial charge in [0.05, 0.1) is 12.7 Å². The summed E-state index contributed by atoms with van der Waals surface area (Å²) in [5, 5.41) is 7.40. The standard InChI is InChI=1S/C27H26FN5O5/c1-3-4-16-31(21-13-8-12-20(17-21)25(34)38-18-19-10-6-5-7-11-19)26(35)33-27(36)32(29-30-33)24-22(28)14-9-15-23(24)37-2/h5-15,17H,3-4,16,18H2,1-2H3. The summed E-state index contributed by atoms with van der Waals surface area (Å²) in [6, 6.07) is 18.8. The van der Waals surface area contributed by atoms with Gasteiger partial charge < -0.3 is 9.47 Å². The molecule has 0 bridgehead atoms. The fourth-order valence-corrected chi connectivity index (χ4v) is 3.75. The van der Waals surface area contributed by atoms with E-state index in [-0.39, 0.29) is 30.2 Å².